The van der Waals surface area contributed by atoms with Gasteiger partial charge in [0.1, 0.15) is 6.61 Å². The van der Waals surface area contributed by atoms with Crippen LogP contribution < -0.4 is 10.9 Å². The Kier molecular flexibility index (Phi) is 5.98. The average Bonchev–Trinajstić information content (AvgIpc) is 2.33. The standard InChI is InChI=1S/C11H16N2O3/c14-8-9-16-11(15)13-12-7-6-10-4-2-1-3-5-10/h1-5,12,14H,6-9H2,(H,13,15). The molecule has 1 amide bonds. The van der Waals surface area contributed by atoms with Gasteiger partial charge in [-0.05, 0) is 12.0 Å². The maximum absolute atomic E-state index is 10.9. The Balaban J connectivity index is 2.06. The summed E-state index contributed by atoms with van der Waals surface area (Å²) in [4.78, 5) is 10.9. The number of hydrazine groups is 1. The maximum Gasteiger partial charge on any atom is 0.421 e. The van der Waals surface area contributed by atoms with Gasteiger partial charge in [0.2, 0.25) is 0 Å². The lowest BCUT2D eigenvalue weighted by molar-refractivity contribution is 0.115. The van der Waals surface area contributed by atoms with E-state index in [0.29, 0.717) is 6.54 Å². The van der Waals surface area contributed by atoms with Crippen LogP contribution >= 0.6 is 0 Å². The molecule has 1 aromatic rings. The van der Waals surface area contributed by atoms with Crippen molar-refractivity contribution in [2.45, 2.75) is 6.42 Å². The van der Waals surface area contributed by atoms with Crippen molar-refractivity contribution in [1.82, 2.24) is 10.9 Å². The summed E-state index contributed by atoms with van der Waals surface area (Å²) in [5.74, 6) is 0. The van der Waals surface area contributed by atoms with E-state index in [2.05, 4.69) is 15.6 Å². The number of carbonyl (C=O) groups excluding carboxylic acids is 1. The third kappa shape index (κ3) is 5.33. The number of benzene rings is 1. The Morgan fingerprint density at radius 3 is 2.75 bits per heavy atom. The van der Waals surface area contributed by atoms with E-state index in [-0.39, 0.29) is 13.2 Å². The molecule has 0 heterocycles. The van der Waals surface area contributed by atoms with Gasteiger partial charge in [0, 0.05) is 6.54 Å². The normalized spacial score (nSPS) is 9.81. The van der Waals surface area contributed by atoms with Crippen molar-refractivity contribution in [2.75, 3.05) is 19.8 Å². The zero-order valence-corrected chi connectivity index (χ0v) is 8.98. The van der Waals surface area contributed by atoms with Gasteiger partial charge < -0.3 is 9.84 Å². The van der Waals surface area contributed by atoms with Gasteiger partial charge in [-0.15, -0.1) is 0 Å². The molecule has 0 atom stereocenters. The van der Waals surface area contributed by atoms with Gasteiger partial charge >= 0.3 is 6.09 Å². The molecule has 5 heteroatoms. The van der Waals surface area contributed by atoms with Gasteiger partial charge in [0.05, 0.1) is 6.61 Å². The summed E-state index contributed by atoms with van der Waals surface area (Å²) < 4.78 is 4.58. The predicted molar refractivity (Wildman–Crippen MR) is 59.7 cm³/mol. The highest BCUT2D eigenvalue weighted by Crippen LogP contribution is 1.97. The number of aliphatic hydroxyl groups excluding tert-OH is 1. The first-order valence-corrected chi connectivity index (χ1v) is 5.13. The lowest BCUT2D eigenvalue weighted by atomic mass is 10.2. The van der Waals surface area contributed by atoms with Gasteiger partial charge in [-0.25, -0.2) is 10.2 Å². The Hall–Kier alpha value is -1.59. The van der Waals surface area contributed by atoms with E-state index in [9.17, 15) is 4.79 Å². The number of nitrogens with one attached hydrogen (secondary N) is 2. The van der Waals surface area contributed by atoms with E-state index < -0.39 is 6.09 Å². The molecular weight excluding hydrogens is 208 g/mol. The molecule has 16 heavy (non-hydrogen) atoms. The van der Waals surface area contributed by atoms with Crippen molar-refractivity contribution in [1.29, 1.82) is 0 Å². The second kappa shape index (κ2) is 7.67. The molecule has 1 rings (SSSR count). The first kappa shape index (κ1) is 12.5. The highest BCUT2D eigenvalue weighted by Gasteiger charge is 1.98. The molecule has 0 aliphatic heterocycles. The second-order valence-electron chi connectivity index (χ2n) is 3.15. The fourth-order valence-electron chi connectivity index (χ4n) is 1.16. The molecule has 5 nitrogen and oxygen atoms in total. The van der Waals surface area contributed by atoms with Crippen LogP contribution in [0.15, 0.2) is 30.3 Å². The van der Waals surface area contributed by atoms with Crippen molar-refractivity contribution >= 4 is 6.09 Å². The first-order valence-electron chi connectivity index (χ1n) is 5.13. The topological polar surface area (TPSA) is 70.6 Å². The summed E-state index contributed by atoms with van der Waals surface area (Å²) in [6, 6.07) is 9.94. The van der Waals surface area contributed by atoms with Crippen LogP contribution in [-0.2, 0) is 11.2 Å². The number of hydrogen-bond acceptors (Lipinski definition) is 4. The van der Waals surface area contributed by atoms with Crippen LogP contribution in [0.5, 0.6) is 0 Å². The molecule has 0 spiro atoms. The summed E-state index contributed by atoms with van der Waals surface area (Å²) in [5.41, 5.74) is 6.30. The second-order valence-corrected chi connectivity index (χ2v) is 3.15. The fraction of sp³-hybridized carbons (Fsp3) is 0.364. The van der Waals surface area contributed by atoms with Crippen molar-refractivity contribution in [2.24, 2.45) is 0 Å². The van der Waals surface area contributed by atoms with Crippen LogP contribution in [0.4, 0.5) is 4.79 Å². The molecule has 0 radical (unpaired) electrons. The lowest BCUT2D eigenvalue weighted by Gasteiger charge is -2.07. The number of amides is 1. The van der Waals surface area contributed by atoms with Gasteiger partial charge in [0.15, 0.2) is 0 Å². The van der Waals surface area contributed by atoms with E-state index in [0.717, 1.165) is 6.42 Å². The Bertz CT molecular complexity index is 303. The van der Waals surface area contributed by atoms with Gasteiger partial charge in [-0.2, -0.15) is 0 Å². The average molecular weight is 224 g/mol. The van der Waals surface area contributed by atoms with Crippen LogP contribution in [0.1, 0.15) is 5.56 Å². The number of aliphatic hydroxyl groups is 1. The molecule has 0 aliphatic rings. The van der Waals surface area contributed by atoms with Crippen molar-refractivity contribution in [3.05, 3.63) is 35.9 Å². The summed E-state index contributed by atoms with van der Waals surface area (Å²) >= 11 is 0. The number of hydrogen-bond donors (Lipinski definition) is 3. The number of rotatable bonds is 6. The lowest BCUT2D eigenvalue weighted by Crippen LogP contribution is -2.39. The smallest absolute Gasteiger partial charge is 0.421 e. The Morgan fingerprint density at radius 2 is 2.06 bits per heavy atom. The Morgan fingerprint density at radius 1 is 1.31 bits per heavy atom. The SMILES string of the molecule is O=C(NNCCc1ccccc1)OCCO. The zero-order valence-electron chi connectivity index (χ0n) is 8.98. The number of ether oxygens (including phenoxy) is 1. The predicted octanol–water partition coefficient (Wildman–Crippen LogP) is 0.452. The minimum Gasteiger partial charge on any atom is -0.446 e. The molecule has 0 bridgehead atoms. The molecule has 0 aromatic heterocycles. The third-order valence-corrected chi connectivity index (χ3v) is 1.90. The maximum atomic E-state index is 10.9. The molecule has 88 valence electrons. The first-order chi connectivity index (χ1) is 7.83. The minimum atomic E-state index is -0.581. The van der Waals surface area contributed by atoms with Crippen LogP contribution in [0.25, 0.3) is 0 Å². The molecule has 0 saturated carbocycles. The fourth-order valence-corrected chi connectivity index (χ4v) is 1.16. The van der Waals surface area contributed by atoms with Crippen LogP contribution in [-0.4, -0.2) is 31.0 Å². The Labute approximate surface area is 94.4 Å². The summed E-state index contributed by atoms with van der Waals surface area (Å²) in [6.45, 7) is 0.460. The van der Waals surface area contributed by atoms with Crippen molar-refractivity contribution < 1.29 is 14.6 Å². The molecule has 1 aromatic carbocycles. The molecule has 0 unspecified atom stereocenters. The van der Waals surface area contributed by atoms with E-state index >= 15 is 0 Å². The van der Waals surface area contributed by atoms with Crippen LogP contribution in [0.3, 0.4) is 0 Å². The quantitative estimate of drug-likeness (QED) is 0.485. The third-order valence-electron chi connectivity index (χ3n) is 1.90. The summed E-state index contributed by atoms with van der Waals surface area (Å²) in [6.07, 6.45) is 0.239. The highest BCUT2D eigenvalue weighted by atomic mass is 16.6. The van der Waals surface area contributed by atoms with E-state index in [1.165, 1.54) is 5.56 Å². The van der Waals surface area contributed by atoms with E-state index in [4.69, 9.17) is 5.11 Å². The monoisotopic (exact) mass is 224 g/mol. The van der Waals surface area contributed by atoms with Crippen LogP contribution in [0.2, 0.25) is 0 Å². The minimum absolute atomic E-state index is 0.00615. The van der Waals surface area contributed by atoms with Gasteiger partial charge in [-0.1, -0.05) is 30.3 Å². The summed E-state index contributed by atoms with van der Waals surface area (Å²) in [5, 5.41) is 8.41. The van der Waals surface area contributed by atoms with Gasteiger partial charge in [0.25, 0.3) is 0 Å². The summed E-state index contributed by atoms with van der Waals surface area (Å²) in [7, 11) is 0. The van der Waals surface area contributed by atoms with E-state index in [1.807, 2.05) is 30.3 Å². The van der Waals surface area contributed by atoms with Crippen molar-refractivity contribution in [3.8, 4) is 0 Å². The molecule has 0 aliphatic carbocycles. The zero-order chi connectivity index (χ0) is 11.6. The van der Waals surface area contributed by atoms with Gasteiger partial charge in [-0.3, -0.25) is 5.43 Å². The molecule has 0 fully saturated rings. The molecular formula is C11H16N2O3. The van der Waals surface area contributed by atoms with E-state index in [1.54, 1.807) is 0 Å². The van der Waals surface area contributed by atoms with Crippen LogP contribution in [0, 0.1) is 0 Å². The molecule has 3 N–H and O–H groups in total. The largest absolute Gasteiger partial charge is 0.446 e. The van der Waals surface area contributed by atoms with Crippen molar-refractivity contribution in [3.63, 3.8) is 0 Å². The highest BCUT2D eigenvalue weighted by molar-refractivity contribution is 5.66. The molecule has 0 saturated heterocycles. The number of carbonyl (C=O) groups is 1.